The van der Waals surface area contributed by atoms with Gasteiger partial charge in [-0.1, -0.05) is 18.3 Å². The molecule has 1 N–H and O–H groups in total. The summed E-state index contributed by atoms with van der Waals surface area (Å²) in [6, 6.07) is 0. The normalized spacial score (nSPS) is 20.9. The van der Waals surface area contributed by atoms with Gasteiger partial charge in [0.25, 0.3) is 0 Å². The number of anilines is 1. The van der Waals surface area contributed by atoms with Crippen molar-refractivity contribution in [3.05, 3.63) is 5.01 Å². The van der Waals surface area contributed by atoms with Gasteiger partial charge in [0.1, 0.15) is 5.01 Å². The van der Waals surface area contributed by atoms with Gasteiger partial charge in [-0.15, -0.1) is 35.0 Å². The Balaban J connectivity index is 0.00000121. The Bertz CT molecular complexity index is 435. The summed E-state index contributed by atoms with van der Waals surface area (Å²) >= 11 is 1.80. The van der Waals surface area contributed by atoms with Gasteiger partial charge >= 0.3 is 0 Å². The summed E-state index contributed by atoms with van der Waals surface area (Å²) in [5.74, 6) is 0. The summed E-state index contributed by atoms with van der Waals surface area (Å²) in [6.07, 6.45) is 8.98. The number of rotatable bonds is 3. The molecule has 0 bridgehead atoms. The van der Waals surface area contributed by atoms with Gasteiger partial charge in [-0.3, -0.25) is 0 Å². The molecule has 1 aromatic heterocycles. The molecule has 3 rings (SSSR count). The second-order valence-corrected chi connectivity index (χ2v) is 7.36. The molecule has 7 heteroatoms. The van der Waals surface area contributed by atoms with Crippen molar-refractivity contribution in [2.45, 2.75) is 51.9 Å². The first-order valence-electron chi connectivity index (χ1n) is 8.09. The molecule has 22 heavy (non-hydrogen) atoms. The lowest BCUT2D eigenvalue weighted by molar-refractivity contribution is 0.178. The number of aromatic nitrogens is 2. The van der Waals surface area contributed by atoms with Gasteiger partial charge in [-0.05, 0) is 57.0 Å². The van der Waals surface area contributed by atoms with Gasteiger partial charge in [0, 0.05) is 19.5 Å². The smallest absolute Gasteiger partial charge is 0.208 e. The summed E-state index contributed by atoms with van der Waals surface area (Å²) in [5.41, 5.74) is 0.608. The molecule has 2 saturated heterocycles. The summed E-state index contributed by atoms with van der Waals surface area (Å²) in [7, 11) is 0. The van der Waals surface area contributed by atoms with E-state index in [9.17, 15) is 0 Å². The second-order valence-electron chi connectivity index (χ2n) is 6.32. The van der Waals surface area contributed by atoms with Crippen LogP contribution in [0.1, 0.15) is 50.5 Å². The molecule has 3 heterocycles. The fourth-order valence-corrected chi connectivity index (χ4v) is 4.58. The van der Waals surface area contributed by atoms with Gasteiger partial charge in [0.05, 0.1) is 0 Å². The van der Waals surface area contributed by atoms with Gasteiger partial charge in [-0.2, -0.15) is 0 Å². The van der Waals surface area contributed by atoms with E-state index < -0.39 is 0 Å². The molecule has 2 fully saturated rings. The maximum atomic E-state index is 4.42. The minimum atomic E-state index is 0. The van der Waals surface area contributed by atoms with Crippen LogP contribution in [0.3, 0.4) is 0 Å². The Kier molecular flexibility index (Phi) is 8.39. The molecule has 0 atom stereocenters. The SMILES string of the molecule is CCCc1nnc(N2CCCC3(CCNCC3)CC2)s1.Cl.Cl. The first-order chi connectivity index (χ1) is 9.81. The average Bonchev–Trinajstić information content (AvgIpc) is 2.84. The number of hydrogen-bond acceptors (Lipinski definition) is 5. The first-order valence-corrected chi connectivity index (χ1v) is 8.91. The Morgan fingerprint density at radius 1 is 1.09 bits per heavy atom. The van der Waals surface area contributed by atoms with Crippen molar-refractivity contribution in [2.75, 3.05) is 31.1 Å². The Morgan fingerprint density at radius 3 is 2.59 bits per heavy atom. The van der Waals surface area contributed by atoms with Crippen molar-refractivity contribution < 1.29 is 0 Å². The van der Waals surface area contributed by atoms with E-state index in [1.54, 1.807) is 11.3 Å². The maximum Gasteiger partial charge on any atom is 0.208 e. The molecule has 0 amide bonds. The third-order valence-electron chi connectivity index (χ3n) is 4.90. The molecule has 1 spiro atoms. The van der Waals surface area contributed by atoms with Crippen molar-refractivity contribution in [3.8, 4) is 0 Å². The van der Waals surface area contributed by atoms with Gasteiger partial charge in [0.2, 0.25) is 5.13 Å². The van der Waals surface area contributed by atoms with Crippen LogP contribution in [0.4, 0.5) is 5.13 Å². The number of aryl methyl sites for hydroxylation is 1. The van der Waals surface area contributed by atoms with E-state index in [1.807, 2.05) is 0 Å². The highest BCUT2D eigenvalue weighted by molar-refractivity contribution is 7.15. The van der Waals surface area contributed by atoms with E-state index in [4.69, 9.17) is 0 Å². The minimum Gasteiger partial charge on any atom is -0.347 e. The van der Waals surface area contributed by atoms with E-state index >= 15 is 0 Å². The zero-order valence-corrected chi connectivity index (χ0v) is 15.8. The van der Waals surface area contributed by atoms with Crippen LogP contribution in [0.5, 0.6) is 0 Å². The topological polar surface area (TPSA) is 41.1 Å². The number of piperidine rings is 1. The highest BCUT2D eigenvalue weighted by atomic mass is 35.5. The van der Waals surface area contributed by atoms with Crippen LogP contribution < -0.4 is 10.2 Å². The molecule has 1 aromatic rings. The van der Waals surface area contributed by atoms with Crippen molar-refractivity contribution >= 4 is 41.3 Å². The summed E-state index contributed by atoms with van der Waals surface area (Å²) in [5, 5.41) is 14.6. The second kappa shape index (κ2) is 9.26. The predicted octanol–water partition coefficient (Wildman–Crippen LogP) is 3.69. The monoisotopic (exact) mass is 366 g/mol. The van der Waals surface area contributed by atoms with Crippen LogP contribution in [0, 0.1) is 5.41 Å². The van der Waals surface area contributed by atoms with Crippen molar-refractivity contribution in [2.24, 2.45) is 5.41 Å². The number of halogens is 2. The fraction of sp³-hybridized carbons (Fsp3) is 0.867. The zero-order chi connectivity index (χ0) is 13.8. The minimum absolute atomic E-state index is 0. The molecule has 128 valence electrons. The van der Waals surface area contributed by atoms with Crippen LogP contribution in [0.15, 0.2) is 0 Å². The Hall–Kier alpha value is -0.100. The lowest BCUT2D eigenvalue weighted by Gasteiger charge is -2.36. The standard InChI is InChI=1S/C15H26N4S.2ClH/c1-2-4-13-17-18-14(20-13)19-11-3-5-15(8-12-19)6-9-16-10-7-15;;/h16H,2-12H2,1H3;2*1H. The van der Waals surface area contributed by atoms with Crippen LogP contribution in [-0.2, 0) is 6.42 Å². The number of hydrogen-bond donors (Lipinski definition) is 1. The van der Waals surface area contributed by atoms with E-state index in [0.717, 1.165) is 24.5 Å². The molecular weight excluding hydrogens is 339 g/mol. The molecular formula is C15H28Cl2N4S. The van der Waals surface area contributed by atoms with Crippen molar-refractivity contribution in [1.82, 2.24) is 15.5 Å². The molecule has 0 unspecified atom stereocenters. The Labute approximate surface area is 150 Å². The summed E-state index contributed by atoms with van der Waals surface area (Å²) in [6.45, 7) is 6.95. The quantitative estimate of drug-likeness (QED) is 0.885. The first kappa shape index (κ1) is 19.9. The van der Waals surface area contributed by atoms with Gasteiger partial charge < -0.3 is 10.2 Å². The molecule has 2 aliphatic heterocycles. The van der Waals surface area contributed by atoms with Crippen molar-refractivity contribution in [3.63, 3.8) is 0 Å². The van der Waals surface area contributed by atoms with Gasteiger partial charge in [0.15, 0.2) is 0 Å². The zero-order valence-electron chi connectivity index (χ0n) is 13.3. The number of nitrogens with one attached hydrogen (secondary N) is 1. The molecule has 0 aromatic carbocycles. The molecule has 4 nitrogen and oxygen atoms in total. The fourth-order valence-electron chi connectivity index (χ4n) is 3.59. The Morgan fingerprint density at radius 2 is 1.86 bits per heavy atom. The lowest BCUT2D eigenvalue weighted by atomic mass is 9.73. The predicted molar refractivity (Wildman–Crippen MR) is 99.0 cm³/mol. The lowest BCUT2D eigenvalue weighted by Crippen LogP contribution is -2.37. The van der Waals surface area contributed by atoms with Crippen LogP contribution in [0.2, 0.25) is 0 Å². The maximum absolute atomic E-state index is 4.42. The van der Waals surface area contributed by atoms with E-state index in [2.05, 4.69) is 27.3 Å². The highest BCUT2D eigenvalue weighted by Gasteiger charge is 2.34. The van der Waals surface area contributed by atoms with Crippen molar-refractivity contribution in [1.29, 1.82) is 0 Å². The summed E-state index contributed by atoms with van der Waals surface area (Å²) in [4.78, 5) is 2.48. The van der Waals surface area contributed by atoms with Crippen LogP contribution >= 0.6 is 36.2 Å². The van der Waals surface area contributed by atoms with E-state index in [-0.39, 0.29) is 24.8 Å². The molecule has 0 aliphatic carbocycles. The molecule has 0 saturated carbocycles. The molecule has 0 radical (unpaired) electrons. The summed E-state index contributed by atoms with van der Waals surface area (Å²) < 4.78 is 0. The number of nitrogens with zero attached hydrogens (tertiary/aromatic N) is 3. The van der Waals surface area contributed by atoms with Crippen LogP contribution in [0.25, 0.3) is 0 Å². The van der Waals surface area contributed by atoms with E-state index in [0.29, 0.717) is 5.41 Å². The third-order valence-corrected chi connectivity index (χ3v) is 5.95. The third kappa shape index (κ3) is 4.70. The molecule has 2 aliphatic rings. The van der Waals surface area contributed by atoms with E-state index in [1.165, 1.54) is 56.7 Å². The van der Waals surface area contributed by atoms with Crippen LogP contribution in [-0.4, -0.2) is 36.4 Å². The van der Waals surface area contributed by atoms with Gasteiger partial charge in [-0.25, -0.2) is 0 Å². The average molecular weight is 367 g/mol. The largest absolute Gasteiger partial charge is 0.347 e. The highest BCUT2D eigenvalue weighted by Crippen LogP contribution is 2.40.